The number of methoxy groups -OCH3 is 1. The lowest BCUT2D eigenvalue weighted by Gasteiger charge is -2.08. The molecule has 9 heteroatoms. The van der Waals surface area contributed by atoms with Gasteiger partial charge >= 0.3 is 0 Å². The maximum atomic E-state index is 11.9. The van der Waals surface area contributed by atoms with Crippen molar-refractivity contribution in [3.8, 4) is 5.75 Å². The molecule has 0 spiro atoms. The smallest absolute Gasteiger partial charge is 0.259 e. The zero-order valence-electron chi connectivity index (χ0n) is 15.3. The molecule has 0 bridgehead atoms. The Labute approximate surface area is 158 Å². The van der Waals surface area contributed by atoms with Crippen LogP contribution in [0.1, 0.15) is 12.5 Å². The van der Waals surface area contributed by atoms with E-state index < -0.39 is 10.0 Å². The van der Waals surface area contributed by atoms with Crippen LogP contribution in [0, 0.1) is 0 Å². The molecule has 0 aliphatic rings. The van der Waals surface area contributed by atoms with Crippen LogP contribution >= 0.6 is 0 Å². The van der Waals surface area contributed by atoms with Crippen molar-refractivity contribution in [3.05, 3.63) is 54.1 Å². The summed E-state index contributed by atoms with van der Waals surface area (Å²) < 4.78 is 30.8. The standard InChI is InChI=1S/C18H22N4O4S/c1-13(14-7-9-17(10-8-14)27(24,25)19-2)21-22-18(23)12-20-15-5-4-6-16(11-15)26-3/h4-11,19-20H,12H2,1-3H3,(H,22,23)/b21-13-. The third-order valence-corrected chi connectivity index (χ3v) is 5.15. The van der Waals surface area contributed by atoms with Gasteiger partial charge in [-0.3, -0.25) is 4.79 Å². The Kier molecular flexibility index (Phi) is 6.91. The fraction of sp³-hybridized carbons (Fsp3) is 0.222. The Morgan fingerprint density at radius 3 is 2.48 bits per heavy atom. The monoisotopic (exact) mass is 390 g/mol. The van der Waals surface area contributed by atoms with Crippen molar-refractivity contribution >= 4 is 27.3 Å². The number of rotatable bonds is 8. The van der Waals surface area contributed by atoms with Gasteiger partial charge in [-0.2, -0.15) is 5.10 Å². The van der Waals surface area contributed by atoms with E-state index in [0.717, 1.165) is 5.69 Å². The van der Waals surface area contributed by atoms with Gasteiger partial charge in [-0.15, -0.1) is 0 Å². The van der Waals surface area contributed by atoms with E-state index in [9.17, 15) is 13.2 Å². The van der Waals surface area contributed by atoms with E-state index in [1.54, 1.807) is 32.2 Å². The Balaban J connectivity index is 1.93. The molecule has 0 radical (unpaired) electrons. The van der Waals surface area contributed by atoms with Crippen LogP contribution in [-0.2, 0) is 14.8 Å². The van der Waals surface area contributed by atoms with Crippen LogP contribution in [0.2, 0.25) is 0 Å². The molecular weight excluding hydrogens is 368 g/mol. The highest BCUT2D eigenvalue weighted by molar-refractivity contribution is 7.89. The number of benzene rings is 2. The minimum absolute atomic E-state index is 0.0449. The summed E-state index contributed by atoms with van der Waals surface area (Å²) in [7, 11) is -0.556. The summed E-state index contributed by atoms with van der Waals surface area (Å²) in [5.74, 6) is 0.379. The first-order valence-corrected chi connectivity index (χ1v) is 9.59. The first-order valence-electron chi connectivity index (χ1n) is 8.11. The average molecular weight is 390 g/mol. The Bertz CT molecular complexity index is 925. The van der Waals surface area contributed by atoms with Crippen LogP contribution in [0.4, 0.5) is 5.69 Å². The van der Waals surface area contributed by atoms with Gasteiger partial charge in [0.15, 0.2) is 0 Å². The number of sulfonamides is 1. The van der Waals surface area contributed by atoms with Gasteiger partial charge in [-0.05, 0) is 43.8 Å². The van der Waals surface area contributed by atoms with Crippen LogP contribution in [0.3, 0.4) is 0 Å². The molecule has 0 unspecified atom stereocenters. The maximum Gasteiger partial charge on any atom is 0.259 e. The maximum absolute atomic E-state index is 11.9. The first-order chi connectivity index (χ1) is 12.9. The summed E-state index contributed by atoms with van der Waals surface area (Å²) in [6, 6.07) is 13.4. The highest BCUT2D eigenvalue weighted by Crippen LogP contribution is 2.16. The largest absolute Gasteiger partial charge is 0.497 e. The van der Waals surface area contributed by atoms with Crippen LogP contribution in [-0.4, -0.2) is 40.7 Å². The van der Waals surface area contributed by atoms with Gasteiger partial charge in [-0.1, -0.05) is 18.2 Å². The Morgan fingerprint density at radius 2 is 1.85 bits per heavy atom. The normalized spacial score (nSPS) is 11.7. The van der Waals surface area contributed by atoms with Crippen molar-refractivity contribution in [2.24, 2.45) is 5.10 Å². The molecule has 0 aliphatic heterocycles. The van der Waals surface area contributed by atoms with Gasteiger partial charge in [0.1, 0.15) is 5.75 Å². The number of carbonyl (C=O) groups excluding carboxylic acids is 1. The van der Waals surface area contributed by atoms with Crippen molar-refractivity contribution in [2.45, 2.75) is 11.8 Å². The van der Waals surface area contributed by atoms with Crippen molar-refractivity contribution in [1.29, 1.82) is 0 Å². The lowest BCUT2D eigenvalue weighted by molar-refractivity contribution is -0.119. The third kappa shape index (κ3) is 5.80. The molecule has 0 aliphatic carbocycles. The predicted octanol–water partition coefficient (Wildman–Crippen LogP) is 1.56. The molecule has 2 rings (SSSR count). The van der Waals surface area contributed by atoms with E-state index in [0.29, 0.717) is 17.0 Å². The fourth-order valence-corrected chi connectivity index (χ4v) is 2.89. The van der Waals surface area contributed by atoms with E-state index in [2.05, 4.69) is 20.6 Å². The molecule has 2 aromatic rings. The molecule has 1 amide bonds. The van der Waals surface area contributed by atoms with Gasteiger partial charge in [0, 0.05) is 11.8 Å². The molecule has 0 saturated heterocycles. The van der Waals surface area contributed by atoms with E-state index >= 15 is 0 Å². The van der Waals surface area contributed by atoms with Gasteiger partial charge < -0.3 is 10.1 Å². The van der Waals surface area contributed by atoms with Crippen LogP contribution in [0.15, 0.2) is 58.5 Å². The number of ether oxygens (including phenoxy) is 1. The van der Waals surface area contributed by atoms with Gasteiger partial charge in [0.25, 0.3) is 5.91 Å². The minimum Gasteiger partial charge on any atom is -0.497 e. The first kappa shape index (κ1) is 20.4. The zero-order chi connectivity index (χ0) is 19.9. The van der Waals surface area contributed by atoms with Crippen molar-refractivity contribution in [1.82, 2.24) is 10.1 Å². The summed E-state index contributed by atoms with van der Waals surface area (Å²) in [6.07, 6.45) is 0. The molecule has 0 atom stereocenters. The summed E-state index contributed by atoms with van der Waals surface area (Å²) in [5.41, 5.74) is 4.47. The molecule has 2 aromatic carbocycles. The number of hydrazone groups is 1. The number of nitrogens with zero attached hydrogens (tertiary/aromatic N) is 1. The van der Waals surface area contributed by atoms with E-state index in [4.69, 9.17) is 4.74 Å². The zero-order valence-corrected chi connectivity index (χ0v) is 16.1. The second-order valence-corrected chi connectivity index (χ2v) is 7.44. The fourth-order valence-electron chi connectivity index (χ4n) is 2.16. The summed E-state index contributed by atoms with van der Waals surface area (Å²) in [4.78, 5) is 12.1. The SMILES string of the molecule is CNS(=O)(=O)c1ccc(/C(C)=N\NC(=O)CNc2cccc(OC)c2)cc1. The van der Waals surface area contributed by atoms with Crippen LogP contribution in [0.25, 0.3) is 0 Å². The number of hydrogen-bond donors (Lipinski definition) is 3. The van der Waals surface area contributed by atoms with Gasteiger partial charge in [0.2, 0.25) is 10.0 Å². The van der Waals surface area contributed by atoms with Crippen molar-refractivity contribution in [2.75, 3.05) is 26.0 Å². The van der Waals surface area contributed by atoms with Crippen LogP contribution < -0.4 is 20.2 Å². The minimum atomic E-state index is -3.48. The summed E-state index contributed by atoms with van der Waals surface area (Å²) in [6.45, 7) is 1.76. The Morgan fingerprint density at radius 1 is 1.15 bits per heavy atom. The molecule has 8 nitrogen and oxygen atoms in total. The molecule has 0 heterocycles. The predicted molar refractivity (Wildman–Crippen MR) is 105 cm³/mol. The van der Waals surface area contributed by atoms with E-state index in [1.807, 2.05) is 18.2 Å². The molecule has 27 heavy (non-hydrogen) atoms. The lowest BCUT2D eigenvalue weighted by Crippen LogP contribution is -2.26. The van der Waals surface area contributed by atoms with Crippen LogP contribution in [0.5, 0.6) is 5.75 Å². The highest BCUT2D eigenvalue weighted by atomic mass is 32.2. The molecular formula is C18H22N4O4S. The lowest BCUT2D eigenvalue weighted by atomic mass is 10.1. The van der Waals surface area contributed by atoms with Crippen molar-refractivity contribution in [3.63, 3.8) is 0 Å². The molecule has 3 N–H and O–H groups in total. The number of amides is 1. The number of nitrogens with one attached hydrogen (secondary N) is 3. The van der Waals surface area contributed by atoms with Crippen molar-refractivity contribution < 1.29 is 17.9 Å². The summed E-state index contributed by atoms with van der Waals surface area (Å²) in [5, 5.41) is 7.02. The Hall–Kier alpha value is -2.91. The second kappa shape index (κ2) is 9.15. The third-order valence-electron chi connectivity index (χ3n) is 3.72. The molecule has 0 aromatic heterocycles. The quantitative estimate of drug-likeness (QED) is 0.468. The molecule has 0 saturated carbocycles. The molecule has 0 fully saturated rings. The average Bonchev–Trinajstić information content (AvgIpc) is 2.70. The summed E-state index contributed by atoms with van der Waals surface area (Å²) >= 11 is 0. The number of hydrogen-bond acceptors (Lipinski definition) is 6. The van der Waals surface area contributed by atoms with Gasteiger partial charge in [-0.25, -0.2) is 18.6 Å². The number of anilines is 1. The highest BCUT2D eigenvalue weighted by Gasteiger charge is 2.11. The molecule has 144 valence electrons. The van der Waals surface area contributed by atoms with E-state index in [1.165, 1.54) is 19.2 Å². The topological polar surface area (TPSA) is 109 Å². The second-order valence-electron chi connectivity index (χ2n) is 5.55. The van der Waals surface area contributed by atoms with E-state index in [-0.39, 0.29) is 17.3 Å². The van der Waals surface area contributed by atoms with Gasteiger partial charge in [0.05, 0.1) is 24.3 Å². The number of carbonyl (C=O) groups is 1.